The van der Waals surface area contributed by atoms with Gasteiger partial charge in [-0.25, -0.2) is 9.97 Å². The Balaban J connectivity index is 1.26. The summed E-state index contributed by atoms with van der Waals surface area (Å²) in [6, 6.07) is 14.0. The van der Waals surface area contributed by atoms with Gasteiger partial charge in [0.1, 0.15) is 11.5 Å². The molecule has 0 saturated carbocycles. The first-order chi connectivity index (χ1) is 15.1. The van der Waals surface area contributed by atoms with E-state index in [0.717, 1.165) is 53.6 Å². The molecule has 1 aromatic carbocycles. The summed E-state index contributed by atoms with van der Waals surface area (Å²) in [5.74, 6) is 2.54. The highest BCUT2D eigenvalue weighted by molar-refractivity contribution is 5.94. The predicted molar refractivity (Wildman–Crippen MR) is 119 cm³/mol. The standard InChI is InChI=1S/C25H28N4O2/c1-16-5-7-18(8-6-16)25(30)26-14-20-12-19-9-10-29(20)15-21(19)22-13-23(28-17(2)27-22)24-4-3-11-31-24/h3-8,11,13,19-21H,9-10,12,14-15H2,1-2H3,(H,26,30)/t19-,20-,21+/m1/s1. The van der Waals surface area contributed by atoms with Crippen molar-refractivity contribution < 1.29 is 9.21 Å². The highest BCUT2D eigenvalue weighted by Crippen LogP contribution is 2.41. The van der Waals surface area contributed by atoms with Gasteiger partial charge in [0.2, 0.25) is 0 Å². The highest BCUT2D eigenvalue weighted by Gasteiger charge is 2.41. The van der Waals surface area contributed by atoms with Gasteiger partial charge in [-0.05, 0) is 69.5 Å². The van der Waals surface area contributed by atoms with Gasteiger partial charge < -0.3 is 9.73 Å². The SMILES string of the molecule is Cc1ccc(C(=O)NC[C@H]2C[C@H]3CCN2C[C@@H]3c2cc(-c3ccco3)nc(C)n2)cc1. The molecule has 0 aliphatic carbocycles. The zero-order valence-corrected chi connectivity index (χ0v) is 18.0. The normalized spacial score (nSPS) is 24.8. The van der Waals surface area contributed by atoms with Crippen LogP contribution >= 0.6 is 0 Å². The number of aromatic nitrogens is 2. The number of hydrogen-bond acceptors (Lipinski definition) is 5. The lowest BCUT2D eigenvalue weighted by molar-refractivity contribution is 0.0290. The van der Waals surface area contributed by atoms with Crippen molar-refractivity contribution in [3.8, 4) is 11.5 Å². The van der Waals surface area contributed by atoms with E-state index in [-0.39, 0.29) is 5.91 Å². The molecule has 1 unspecified atom stereocenters. The van der Waals surface area contributed by atoms with Gasteiger partial charge in [-0.15, -0.1) is 0 Å². The number of amides is 1. The van der Waals surface area contributed by atoms with Crippen LogP contribution < -0.4 is 5.32 Å². The maximum absolute atomic E-state index is 12.5. The molecule has 3 saturated heterocycles. The number of carbonyl (C=O) groups is 1. The van der Waals surface area contributed by atoms with Crippen LogP contribution in [0.4, 0.5) is 0 Å². The number of nitrogens with one attached hydrogen (secondary N) is 1. The van der Waals surface area contributed by atoms with Gasteiger partial charge in [0.05, 0.1) is 6.26 Å². The molecule has 2 bridgehead atoms. The third-order valence-electron chi connectivity index (χ3n) is 6.70. The topological polar surface area (TPSA) is 71.3 Å². The molecule has 160 valence electrons. The van der Waals surface area contributed by atoms with E-state index in [1.165, 1.54) is 6.42 Å². The van der Waals surface area contributed by atoms with Crippen molar-refractivity contribution in [2.75, 3.05) is 19.6 Å². The first-order valence-corrected chi connectivity index (χ1v) is 11.0. The molecule has 1 amide bonds. The van der Waals surface area contributed by atoms with Gasteiger partial charge in [0, 0.05) is 36.3 Å². The number of carbonyl (C=O) groups excluding carboxylic acids is 1. The summed E-state index contributed by atoms with van der Waals surface area (Å²) in [5.41, 5.74) is 3.84. The Labute approximate surface area is 182 Å². The summed E-state index contributed by atoms with van der Waals surface area (Å²) in [6.07, 6.45) is 3.93. The van der Waals surface area contributed by atoms with Crippen LogP contribution in [0.2, 0.25) is 0 Å². The van der Waals surface area contributed by atoms with Gasteiger partial charge in [-0.2, -0.15) is 0 Å². The third-order valence-corrected chi connectivity index (χ3v) is 6.70. The molecule has 3 aliphatic rings. The second-order valence-corrected chi connectivity index (χ2v) is 8.82. The molecule has 3 aliphatic heterocycles. The van der Waals surface area contributed by atoms with E-state index in [0.29, 0.717) is 24.4 Å². The summed E-state index contributed by atoms with van der Waals surface area (Å²) < 4.78 is 5.55. The van der Waals surface area contributed by atoms with E-state index >= 15 is 0 Å². The van der Waals surface area contributed by atoms with Gasteiger partial charge in [0.25, 0.3) is 5.91 Å². The van der Waals surface area contributed by atoms with E-state index in [2.05, 4.69) is 21.3 Å². The Hall–Kier alpha value is -2.99. The molecule has 1 N–H and O–H groups in total. The molecule has 6 nitrogen and oxygen atoms in total. The summed E-state index contributed by atoms with van der Waals surface area (Å²) in [6.45, 7) is 6.73. The first kappa shape index (κ1) is 19.9. The largest absolute Gasteiger partial charge is 0.463 e. The van der Waals surface area contributed by atoms with Gasteiger partial charge in [-0.3, -0.25) is 9.69 Å². The lowest BCUT2D eigenvalue weighted by Gasteiger charge is -2.49. The molecule has 0 radical (unpaired) electrons. The van der Waals surface area contributed by atoms with Gasteiger partial charge in [-0.1, -0.05) is 17.7 Å². The molecule has 2 aromatic heterocycles. The maximum atomic E-state index is 12.5. The van der Waals surface area contributed by atoms with Crippen molar-refractivity contribution in [3.05, 3.63) is 71.4 Å². The summed E-state index contributed by atoms with van der Waals surface area (Å²) >= 11 is 0. The molecular formula is C25H28N4O2. The molecule has 31 heavy (non-hydrogen) atoms. The Morgan fingerprint density at radius 3 is 2.74 bits per heavy atom. The van der Waals surface area contributed by atoms with Crippen LogP contribution in [0.5, 0.6) is 0 Å². The summed E-state index contributed by atoms with van der Waals surface area (Å²) in [4.78, 5) is 24.4. The van der Waals surface area contributed by atoms with Crippen LogP contribution in [-0.2, 0) is 0 Å². The Morgan fingerprint density at radius 1 is 1.19 bits per heavy atom. The van der Waals surface area contributed by atoms with Crippen molar-refractivity contribution in [2.24, 2.45) is 5.92 Å². The van der Waals surface area contributed by atoms with E-state index in [9.17, 15) is 4.79 Å². The lowest BCUT2D eigenvalue weighted by Crippen LogP contribution is -2.56. The van der Waals surface area contributed by atoms with Crippen LogP contribution in [0.1, 0.15) is 46.2 Å². The monoisotopic (exact) mass is 416 g/mol. The lowest BCUT2D eigenvalue weighted by atomic mass is 9.74. The van der Waals surface area contributed by atoms with Crippen LogP contribution in [0.25, 0.3) is 11.5 Å². The number of rotatable bonds is 5. The smallest absolute Gasteiger partial charge is 0.251 e. The molecule has 3 aromatic rings. The van der Waals surface area contributed by atoms with E-state index in [1.54, 1.807) is 6.26 Å². The zero-order valence-electron chi connectivity index (χ0n) is 18.0. The van der Waals surface area contributed by atoms with Crippen molar-refractivity contribution in [3.63, 3.8) is 0 Å². The number of hydrogen-bond donors (Lipinski definition) is 1. The van der Waals surface area contributed by atoms with Crippen LogP contribution in [0.15, 0.2) is 53.1 Å². The number of fused-ring (bicyclic) bond motifs is 3. The average Bonchev–Trinajstić information content (AvgIpc) is 3.33. The highest BCUT2D eigenvalue weighted by atomic mass is 16.3. The van der Waals surface area contributed by atoms with Crippen LogP contribution in [0, 0.1) is 19.8 Å². The Kier molecular flexibility index (Phi) is 5.32. The molecule has 0 spiro atoms. The Bertz CT molecular complexity index is 1060. The van der Waals surface area contributed by atoms with Crippen molar-refractivity contribution in [1.82, 2.24) is 20.2 Å². The van der Waals surface area contributed by atoms with Crippen molar-refractivity contribution in [2.45, 2.75) is 38.6 Å². The van der Waals surface area contributed by atoms with E-state index in [1.807, 2.05) is 50.2 Å². The third kappa shape index (κ3) is 4.12. The minimum atomic E-state index is 0.00807. The fourth-order valence-corrected chi connectivity index (χ4v) is 5.03. The first-order valence-electron chi connectivity index (χ1n) is 11.0. The quantitative estimate of drug-likeness (QED) is 0.682. The number of piperidine rings is 3. The van der Waals surface area contributed by atoms with Crippen LogP contribution in [-0.4, -0.2) is 46.5 Å². The second kappa shape index (κ2) is 8.27. The van der Waals surface area contributed by atoms with E-state index < -0.39 is 0 Å². The Morgan fingerprint density at radius 2 is 2.03 bits per heavy atom. The van der Waals surface area contributed by atoms with Gasteiger partial charge in [0.15, 0.2) is 5.76 Å². The van der Waals surface area contributed by atoms with Crippen LogP contribution in [0.3, 0.4) is 0 Å². The maximum Gasteiger partial charge on any atom is 0.251 e. The van der Waals surface area contributed by atoms with Crippen molar-refractivity contribution >= 4 is 5.91 Å². The van der Waals surface area contributed by atoms with Gasteiger partial charge >= 0.3 is 0 Å². The number of benzene rings is 1. The number of furan rings is 1. The second-order valence-electron chi connectivity index (χ2n) is 8.82. The predicted octanol–water partition coefficient (Wildman–Crippen LogP) is 3.96. The fraction of sp³-hybridized carbons (Fsp3) is 0.400. The summed E-state index contributed by atoms with van der Waals surface area (Å²) in [7, 11) is 0. The van der Waals surface area contributed by atoms with Crippen molar-refractivity contribution in [1.29, 1.82) is 0 Å². The minimum absolute atomic E-state index is 0.00807. The number of nitrogens with zero attached hydrogens (tertiary/aromatic N) is 3. The zero-order chi connectivity index (χ0) is 21.4. The minimum Gasteiger partial charge on any atom is -0.463 e. The molecule has 6 heteroatoms. The molecule has 6 rings (SSSR count). The molecule has 4 atom stereocenters. The molecule has 5 heterocycles. The molecular weight excluding hydrogens is 388 g/mol. The molecule has 3 fully saturated rings. The average molecular weight is 417 g/mol. The fourth-order valence-electron chi connectivity index (χ4n) is 5.03. The summed E-state index contributed by atoms with van der Waals surface area (Å²) in [5, 5.41) is 3.15. The van der Waals surface area contributed by atoms with E-state index in [4.69, 9.17) is 9.40 Å². The number of aryl methyl sites for hydroxylation is 2.